The molecule has 18 heavy (non-hydrogen) atoms. The molecule has 0 aromatic heterocycles. The highest BCUT2D eigenvalue weighted by atomic mass is 79.9. The first kappa shape index (κ1) is 13.7. The Morgan fingerprint density at radius 1 is 1.50 bits per heavy atom. The van der Waals surface area contributed by atoms with Gasteiger partial charge in [-0.1, -0.05) is 0 Å². The van der Waals surface area contributed by atoms with Crippen molar-refractivity contribution in [3.05, 3.63) is 22.4 Å². The molecule has 1 aliphatic heterocycles. The number of aliphatic hydroxyl groups is 1. The van der Waals surface area contributed by atoms with E-state index in [1.165, 1.54) is 0 Å². The molecule has 0 saturated carbocycles. The van der Waals surface area contributed by atoms with E-state index in [1.54, 1.807) is 0 Å². The summed E-state index contributed by atoms with van der Waals surface area (Å²) in [5.74, 6) is -0.678. The predicted octanol–water partition coefficient (Wildman–Crippen LogP) is 0.926. The summed E-state index contributed by atoms with van der Waals surface area (Å²) in [6.45, 7) is 0.291. The number of sulfonamides is 1. The minimum atomic E-state index is -3.76. The SMILES string of the molecule is Nc1cc(S(=O)(=O)N2CCC(O)C2)c(Br)cc1F. The summed E-state index contributed by atoms with van der Waals surface area (Å²) in [6, 6.07) is 2.11. The number of aliphatic hydroxyl groups excluding tert-OH is 1. The van der Waals surface area contributed by atoms with Gasteiger partial charge in [0.15, 0.2) is 0 Å². The summed E-state index contributed by atoms with van der Waals surface area (Å²) in [4.78, 5) is -0.0875. The fourth-order valence-corrected chi connectivity index (χ4v) is 4.31. The van der Waals surface area contributed by atoms with Crippen LogP contribution in [-0.2, 0) is 10.0 Å². The van der Waals surface area contributed by atoms with Gasteiger partial charge in [-0.3, -0.25) is 0 Å². The third kappa shape index (κ3) is 2.37. The van der Waals surface area contributed by atoms with Crippen molar-refractivity contribution in [3.63, 3.8) is 0 Å². The Balaban J connectivity index is 2.45. The van der Waals surface area contributed by atoms with Gasteiger partial charge in [0.25, 0.3) is 0 Å². The molecule has 0 amide bonds. The average molecular weight is 339 g/mol. The number of nitrogens with zero attached hydrogens (tertiary/aromatic N) is 1. The fourth-order valence-electron chi connectivity index (χ4n) is 1.81. The summed E-state index contributed by atoms with van der Waals surface area (Å²) in [6.07, 6.45) is -0.260. The molecule has 1 aromatic carbocycles. The number of benzene rings is 1. The van der Waals surface area contributed by atoms with Gasteiger partial charge in [-0.2, -0.15) is 4.31 Å². The van der Waals surface area contributed by atoms with E-state index in [0.29, 0.717) is 6.42 Å². The normalized spacial score (nSPS) is 21.4. The van der Waals surface area contributed by atoms with Gasteiger partial charge in [-0.05, 0) is 34.5 Å². The molecule has 1 heterocycles. The summed E-state index contributed by atoms with van der Waals surface area (Å²) in [7, 11) is -3.76. The van der Waals surface area contributed by atoms with Crippen molar-refractivity contribution in [3.8, 4) is 0 Å². The molecular formula is C10H12BrFN2O3S. The maximum Gasteiger partial charge on any atom is 0.244 e. The first-order valence-corrected chi connectivity index (χ1v) is 7.48. The number of hydrogen-bond acceptors (Lipinski definition) is 4. The molecule has 0 spiro atoms. The Kier molecular flexibility index (Phi) is 3.63. The van der Waals surface area contributed by atoms with Crippen LogP contribution in [0.15, 0.2) is 21.5 Å². The summed E-state index contributed by atoms with van der Waals surface area (Å²) >= 11 is 3.02. The first-order valence-electron chi connectivity index (χ1n) is 5.25. The minimum Gasteiger partial charge on any atom is -0.396 e. The number of β-amino-alcohol motifs (C(OH)–C–C–N with tert-alkyl or cyclic N) is 1. The van der Waals surface area contributed by atoms with Crippen molar-refractivity contribution in [1.29, 1.82) is 0 Å². The maximum atomic E-state index is 13.2. The van der Waals surface area contributed by atoms with Crippen LogP contribution in [0.25, 0.3) is 0 Å². The Labute approximate surface area is 113 Å². The van der Waals surface area contributed by atoms with E-state index in [9.17, 15) is 17.9 Å². The molecule has 0 radical (unpaired) electrons. The van der Waals surface area contributed by atoms with E-state index in [1.807, 2.05) is 0 Å². The third-order valence-corrected chi connectivity index (χ3v) is 5.62. The third-order valence-electron chi connectivity index (χ3n) is 2.80. The molecule has 1 aliphatic rings. The van der Waals surface area contributed by atoms with Gasteiger partial charge in [-0.25, -0.2) is 12.8 Å². The van der Waals surface area contributed by atoms with E-state index < -0.39 is 21.9 Å². The molecule has 0 bridgehead atoms. The highest BCUT2D eigenvalue weighted by Gasteiger charge is 2.33. The highest BCUT2D eigenvalue weighted by Crippen LogP contribution is 2.30. The van der Waals surface area contributed by atoms with Crippen molar-refractivity contribution < 1.29 is 17.9 Å². The van der Waals surface area contributed by atoms with Gasteiger partial charge in [0, 0.05) is 17.6 Å². The second-order valence-electron chi connectivity index (χ2n) is 4.11. The number of halogens is 2. The number of hydrogen-bond donors (Lipinski definition) is 2. The van der Waals surface area contributed by atoms with Crippen molar-refractivity contribution in [1.82, 2.24) is 4.31 Å². The van der Waals surface area contributed by atoms with Gasteiger partial charge >= 0.3 is 0 Å². The standard InChI is InChI=1S/C10H12BrFN2O3S/c11-7-3-8(12)9(13)4-10(7)18(16,17)14-2-1-6(15)5-14/h3-4,6,15H,1-2,5,13H2. The number of nitrogens with two attached hydrogens (primary N) is 1. The van der Waals surface area contributed by atoms with Crippen molar-refractivity contribution >= 4 is 31.6 Å². The first-order chi connectivity index (χ1) is 8.32. The number of rotatable bonds is 2. The van der Waals surface area contributed by atoms with E-state index >= 15 is 0 Å². The number of anilines is 1. The van der Waals surface area contributed by atoms with Crippen LogP contribution in [0.3, 0.4) is 0 Å². The van der Waals surface area contributed by atoms with Crippen molar-refractivity contribution in [2.75, 3.05) is 18.8 Å². The van der Waals surface area contributed by atoms with Gasteiger partial charge in [0.05, 0.1) is 16.7 Å². The van der Waals surface area contributed by atoms with E-state index in [2.05, 4.69) is 15.9 Å². The van der Waals surface area contributed by atoms with Gasteiger partial charge in [-0.15, -0.1) is 0 Å². The Bertz CT molecular complexity index is 579. The van der Waals surface area contributed by atoms with Gasteiger partial charge in [0.2, 0.25) is 10.0 Å². The smallest absolute Gasteiger partial charge is 0.244 e. The Morgan fingerprint density at radius 3 is 2.72 bits per heavy atom. The van der Waals surface area contributed by atoms with Crippen molar-refractivity contribution in [2.45, 2.75) is 17.4 Å². The fraction of sp³-hybridized carbons (Fsp3) is 0.400. The van der Waals surface area contributed by atoms with Crippen LogP contribution >= 0.6 is 15.9 Å². The highest BCUT2D eigenvalue weighted by molar-refractivity contribution is 9.10. The molecule has 3 N–H and O–H groups in total. The molecule has 2 rings (SSSR count). The Morgan fingerprint density at radius 2 is 2.17 bits per heavy atom. The van der Waals surface area contributed by atoms with E-state index in [-0.39, 0.29) is 28.1 Å². The Hall–Kier alpha value is -0.700. The lowest BCUT2D eigenvalue weighted by Crippen LogP contribution is -2.30. The lowest BCUT2D eigenvalue weighted by molar-refractivity contribution is 0.189. The van der Waals surface area contributed by atoms with Crippen LogP contribution in [-0.4, -0.2) is 37.0 Å². The lowest BCUT2D eigenvalue weighted by Gasteiger charge is -2.17. The molecule has 1 saturated heterocycles. The second-order valence-corrected chi connectivity index (χ2v) is 6.87. The molecule has 1 atom stereocenters. The van der Waals surface area contributed by atoms with E-state index in [0.717, 1.165) is 16.4 Å². The van der Waals surface area contributed by atoms with Gasteiger partial charge in [0.1, 0.15) is 5.82 Å². The molecule has 1 aromatic rings. The minimum absolute atomic E-state index is 0.0477. The number of nitrogen functional groups attached to an aromatic ring is 1. The largest absolute Gasteiger partial charge is 0.396 e. The summed E-state index contributed by atoms with van der Waals surface area (Å²) in [5.41, 5.74) is 5.16. The zero-order valence-corrected chi connectivity index (χ0v) is 11.7. The van der Waals surface area contributed by atoms with Crippen LogP contribution in [0.1, 0.15) is 6.42 Å². The van der Waals surface area contributed by atoms with Crippen LogP contribution < -0.4 is 5.73 Å². The molecule has 1 fully saturated rings. The van der Waals surface area contributed by atoms with Crippen LogP contribution in [0.5, 0.6) is 0 Å². The molecule has 0 aliphatic carbocycles. The monoisotopic (exact) mass is 338 g/mol. The van der Waals surface area contributed by atoms with E-state index in [4.69, 9.17) is 5.73 Å². The summed E-state index contributed by atoms with van der Waals surface area (Å²) in [5, 5.41) is 9.38. The zero-order valence-electron chi connectivity index (χ0n) is 9.31. The zero-order chi connectivity index (χ0) is 13.5. The lowest BCUT2D eigenvalue weighted by atomic mass is 10.3. The van der Waals surface area contributed by atoms with Gasteiger partial charge < -0.3 is 10.8 Å². The quantitative estimate of drug-likeness (QED) is 0.785. The van der Waals surface area contributed by atoms with Crippen LogP contribution in [0.2, 0.25) is 0 Å². The molecule has 8 heteroatoms. The van der Waals surface area contributed by atoms with Crippen LogP contribution in [0.4, 0.5) is 10.1 Å². The summed E-state index contributed by atoms with van der Waals surface area (Å²) < 4.78 is 39.0. The molecular weight excluding hydrogens is 327 g/mol. The van der Waals surface area contributed by atoms with Crippen LogP contribution in [0, 0.1) is 5.82 Å². The van der Waals surface area contributed by atoms with Crippen molar-refractivity contribution in [2.24, 2.45) is 0 Å². The molecule has 5 nitrogen and oxygen atoms in total. The average Bonchev–Trinajstić information content (AvgIpc) is 2.70. The molecule has 1 unspecified atom stereocenters. The molecule has 100 valence electrons. The second kappa shape index (κ2) is 4.76. The topological polar surface area (TPSA) is 83.6 Å². The predicted molar refractivity (Wildman–Crippen MR) is 67.9 cm³/mol. The maximum absolute atomic E-state index is 13.2.